The van der Waals surface area contributed by atoms with Crippen LogP contribution < -0.4 is 15.8 Å². The molecule has 17 heavy (non-hydrogen) atoms. The first-order valence-electron chi connectivity index (χ1n) is 6.15. The van der Waals surface area contributed by atoms with Gasteiger partial charge in [-0.1, -0.05) is 11.6 Å². The summed E-state index contributed by atoms with van der Waals surface area (Å²) in [7, 11) is 1.65. The number of anilines is 2. The van der Waals surface area contributed by atoms with Crippen LogP contribution in [0.2, 0.25) is 0 Å². The molecule has 0 bridgehead atoms. The molecule has 0 radical (unpaired) electrons. The fourth-order valence-electron chi connectivity index (χ4n) is 2.15. The Hall–Kier alpha value is -1.64. The van der Waals surface area contributed by atoms with Gasteiger partial charge in [0.25, 0.3) is 0 Å². The highest BCUT2D eigenvalue weighted by molar-refractivity contribution is 5.68. The monoisotopic (exact) mass is 232 g/mol. The molecule has 3 N–H and O–H groups in total. The Labute approximate surface area is 103 Å². The van der Waals surface area contributed by atoms with Gasteiger partial charge < -0.3 is 15.8 Å². The number of methoxy groups -OCH3 is 1. The fourth-order valence-corrected chi connectivity index (χ4v) is 2.15. The van der Waals surface area contributed by atoms with Crippen LogP contribution in [-0.4, -0.2) is 13.7 Å². The van der Waals surface area contributed by atoms with Crippen molar-refractivity contribution in [1.82, 2.24) is 0 Å². The van der Waals surface area contributed by atoms with E-state index in [1.807, 2.05) is 18.2 Å². The van der Waals surface area contributed by atoms with Crippen molar-refractivity contribution in [2.45, 2.75) is 25.7 Å². The van der Waals surface area contributed by atoms with Gasteiger partial charge in [0.1, 0.15) is 5.75 Å². The summed E-state index contributed by atoms with van der Waals surface area (Å²) in [6.45, 7) is 0.947. The van der Waals surface area contributed by atoms with Crippen LogP contribution in [-0.2, 0) is 0 Å². The van der Waals surface area contributed by atoms with Crippen molar-refractivity contribution in [3.05, 3.63) is 29.8 Å². The molecule has 0 atom stereocenters. The van der Waals surface area contributed by atoms with Crippen molar-refractivity contribution in [3.63, 3.8) is 0 Å². The second-order valence-corrected chi connectivity index (χ2v) is 4.38. The van der Waals surface area contributed by atoms with E-state index in [0.717, 1.165) is 30.1 Å². The zero-order chi connectivity index (χ0) is 12.1. The fraction of sp³-hybridized carbons (Fsp3) is 0.429. The Kier molecular flexibility index (Phi) is 3.91. The van der Waals surface area contributed by atoms with Gasteiger partial charge in [-0.2, -0.15) is 0 Å². The first-order valence-corrected chi connectivity index (χ1v) is 6.15. The van der Waals surface area contributed by atoms with Gasteiger partial charge in [0.15, 0.2) is 0 Å². The first kappa shape index (κ1) is 11.8. The normalized spacial score (nSPS) is 14.5. The Balaban J connectivity index is 1.86. The lowest BCUT2D eigenvalue weighted by Gasteiger charge is -2.10. The number of nitrogen functional groups attached to an aromatic ring is 1. The second-order valence-electron chi connectivity index (χ2n) is 4.38. The van der Waals surface area contributed by atoms with Gasteiger partial charge in [-0.3, -0.25) is 0 Å². The van der Waals surface area contributed by atoms with Crippen molar-refractivity contribution in [1.29, 1.82) is 0 Å². The molecule has 1 aromatic carbocycles. The summed E-state index contributed by atoms with van der Waals surface area (Å²) in [6.07, 6.45) is 7.31. The lowest BCUT2D eigenvalue weighted by Crippen LogP contribution is -2.05. The summed E-state index contributed by atoms with van der Waals surface area (Å²) in [4.78, 5) is 0. The Bertz CT molecular complexity index is 413. The second kappa shape index (κ2) is 5.62. The molecule has 1 aromatic rings. The molecular weight excluding hydrogens is 212 g/mol. The molecule has 0 spiro atoms. The SMILES string of the molecule is COc1ccc(NCCC2=CCCC2)c(N)c1. The van der Waals surface area contributed by atoms with E-state index in [2.05, 4.69) is 11.4 Å². The smallest absolute Gasteiger partial charge is 0.121 e. The molecule has 0 unspecified atom stereocenters. The predicted octanol–water partition coefficient (Wildman–Crippen LogP) is 3.19. The van der Waals surface area contributed by atoms with Crippen molar-refractivity contribution in [3.8, 4) is 5.75 Å². The minimum absolute atomic E-state index is 0.741. The molecule has 0 saturated carbocycles. The molecule has 0 aliphatic heterocycles. The van der Waals surface area contributed by atoms with Gasteiger partial charge in [0.05, 0.1) is 18.5 Å². The zero-order valence-electron chi connectivity index (χ0n) is 10.3. The topological polar surface area (TPSA) is 47.3 Å². The molecule has 0 fully saturated rings. The molecule has 3 heteroatoms. The molecule has 92 valence electrons. The van der Waals surface area contributed by atoms with Crippen LogP contribution >= 0.6 is 0 Å². The highest BCUT2D eigenvalue weighted by Crippen LogP contribution is 2.25. The van der Waals surface area contributed by atoms with Crippen molar-refractivity contribution in [2.75, 3.05) is 24.7 Å². The molecular formula is C14H20N2O. The molecule has 0 aromatic heterocycles. The van der Waals surface area contributed by atoms with Gasteiger partial charge in [-0.25, -0.2) is 0 Å². The van der Waals surface area contributed by atoms with E-state index in [1.165, 1.54) is 19.3 Å². The van der Waals surface area contributed by atoms with Gasteiger partial charge in [-0.05, 0) is 37.8 Å². The van der Waals surface area contributed by atoms with Crippen LogP contribution in [0, 0.1) is 0 Å². The van der Waals surface area contributed by atoms with E-state index in [0.29, 0.717) is 0 Å². The lowest BCUT2D eigenvalue weighted by molar-refractivity contribution is 0.415. The number of ether oxygens (including phenoxy) is 1. The standard InChI is InChI=1S/C14H20N2O/c1-17-12-6-7-14(13(15)10-12)16-9-8-11-4-2-3-5-11/h4,6-7,10,16H,2-3,5,8-9,15H2,1H3. The van der Waals surface area contributed by atoms with Crippen molar-refractivity contribution < 1.29 is 4.74 Å². The third-order valence-electron chi connectivity index (χ3n) is 3.16. The van der Waals surface area contributed by atoms with E-state index < -0.39 is 0 Å². The molecule has 0 heterocycles. The number of hydrogen-bond donors (Lipinski definition) is 2. The van der Waals surface area contributed by atoms with Crippen LogP contribution in [0.5, 0.6) is 5.75 Å². The lowest BCUT2D eigenvalue weighted by atomic mass is 10.1. The number of nitrogens with one attached hydrogen (secondary N) is 1. The molecule has 1 aliphatic rings. The van der Waals surface area contributed by atoms with Crippen LogP contribution in [0.4, 0.5) is 11.4 Å². The molecule has 3 nitrogen and oxygen atoms in total. The van der Waals surface area contributed by atoms with Crippen molar-refractivity contribution in [2.24, 2.45) is 0 Å². The highest BCUT2D eigenvalue weighted by Gasteiger charge is 2.05. The van der Waals surface area contributed by atoms with Crippen LogP contribution in [0.15, 0.2) is 29.8 Å². The molecule has 0 saturated heterocycles. The van der Waals surface area contributed by atoms with E-state index in [1.54, 1.807) is 12.7 Å². The van der Waals surface area contributed by atoms with Gasteiger partial charge in [0, 0.05) is 12.6 Å². The number of rotatable bonds is 5. The van der Waals surface area contributed by atoms with Gasteiger partial charge in [0.2, 0.25) is 0 Å². The maximum atomic E-state index is 5.93. The average Bonchev–Trinajstić information content (AvgIpc) is 2.84. The largest absolute Gasteiger partial charge is 0.497 e. The number of hydrogen-bond acceptors (Lipinski definition) is 3. The molecule has 1 aliphatic carbocycles. The van der Waals surface area contributed by atoms with E-state index in [9.17, 15) is 0 Å². The summed E-state index contributed by atoms with van der Waals surface area (Å²) in [5, 5.41) is 3.37. The number of benzene rings is 1. The summed E-state index contributed by atoms with van der Waals surface area (Å²) in [5.74, 6) is 0.798. The Morgan fingerprint density at radius 3 is 2.94 bits per heavy atom. The minimum Gasteiger partial charge on any atom is -0.497 e. The number of allylic oxidation sites excluding steroid dienone is 1. The Morgan fingerprint density at radius 1 is 1.41 bits per heavy atom. The predicted molar refractivity (Wildman–Crippen MR) is 72.4 cm³/mol. The minimum atomic E-state index is 0.741. The van der Waals surface area contributed by atoms with E-state index in [-0.39, 0.29) is 0 Å². The van der Waals surface area contributed by atoms with E-state index in [4.69, 9.17) is 10.5 Å². The maximum Gasteiger partial charge on any atom is 0.121 e. The summed E-state index contributed by atoms with van der Waals surface area (Å²) in [5.41, 5.74) is 9.24. The molecule has 0 amide bonds. The zero-order valence-corrected chi connectivity index (χ0v) is 10.3. The van der Waals surface area contributed by atoms with Gasteiger partial charge >= 0.3 is 0 Å². The number of nitrogens with two attached hydrogens (primary N) is 1. The summed E-state index contributed by atoms with van der Waals surface area (Å²) >= 11 is 0. The maximum absolute atomic E-state index is 5.93. The van der Waals surface area contributed by atoms with Crippen LogP contribution in [0.1, 0.15) is 25.7 Å². The first-order chi connectivity index (χ1) is 8.29. The van der Waals surface area contributed by atoms with Crippen molar-refractivity contribution >= 4 is 11.4 Å². The Morgan fingerprint density at radius 2 is 2.29 bits per heavy atom. The van der Waals surface area contributed by atoms with Crippen LogP contribution in [0.3, 0.4) is 0 Å². The third-order valence-corrected chi connectivity index (χ3v) is 3.16. The summed E-state index contributed by atoms with van der Waals surface area (Å²) < 4.78 is 5.12. The van der Waals surface area contributed by atoms with Gasteiger partial charge in [-0.15, -0.1) is 0 Å². The third kappa shape index (κ3) is 3.16. The molecule has 2 rings (SSSR count). The summed E-state index contributed by atoms with van der Waals surface area (Å²) in [6, 6.07) is 5.74. The quantitative estimate of drug-likeness (QED) is 0.605. The van der Waals surface area contributed by atoms with E-state index >= 15 is 0 Å². The average molecular weight is 232 g/mol. The van der Waals surface area contributed by atoms with Crippen LogP contribution in [0.25, 0.3) is 0 Å². The highest BCUT2D eigenvalue weighted by atomic mass is 16.5.